The molecule has 0 aliphatic carbocycles. The van der Waals surface area contributed by atoms with Crippen LogP contribution in [0, 0.1) is 0 Å². The first-order chi connectivity index (χ1) is 1.73. The van der Waals surface area contributed by atoms with E-state index in [0.717, 1.165) is 0 Å². The topological polar surface area (TPSA) is 23.1 Å². The van der Waals surface area contributed by atoms with Gasteiger partial charge in [0, 0.05) is 0 Å². The van der Waals surface area contributed by atoms with Gasteiger partial charge in [0.25, 0.3) is 0 Å². The minimum Gasteiger partial charge on any atom is -0.887 e. The Morgan fingerprint density at radius 1 is 1.80 bits per heavy atom. The largest absolute Gasteiger partial charge is 2.00 e. The van der Waals surface area contributed by atoms with Crippen molar-refractivity contribution in [2.24, 2.45) is 0 Å². The van der Waals surface area contributed by atoms with Crippen molar-refractivity contribution in [3.8, 4) is 0 Å². The van der Waals surface area contributed by atoms with Crippen molar-refractivity contribution in [1.29, 1.82) is 0 Å². The van der Waals surface area contributed by atoms with Gasteiger partial charge in [-0.2, -0.15) is 0 Å². The van der Waals surface area contributed by atoms with E-state index in [4.69, 9.17) is 5.11 Å². The second kappa shape index (κ2) is 4.63. The second-order valence-corrected chi connectivity index (χ2v) is 1.25. The maximum absolute atomic E-state index is 9.07. The van der Waals surface area contributed by atoms with Crippen molar-refractivity contribution in [3.05, 3.63) is 0 Å². The summed E-state index contributed by atoms with van der Waals surface area (Å²) in [5.41, 5.74) is 0. The summed E-state index contributed by atoms with van der Waals surface area (Å²) >= 11 is 7.59. The fourth-order valence-corrected chi connectivity index (χ4v) is 0. The fraction of sp³-hybridized carbons (Fsp3) is 0. The first kappa shape index (κ1) is 9.16. The second-order valence-electron chi connectivity index (χ2n) is 0.250. The smallest absolute Gasteiger partial charge is 0.887 e. The van der Waals surface area contributed by atoms with Gasteiger partial charge >= 0.3 is 17.1 Å². The van der Waals surface area contributed by atoms with Crippen molar-refractivity contribution < 1.29 is 22.2 Å². The van der Waals surface area contributed by atoms with Crippen molar-refractivity contribution >= 4 is 29.2 Å². The van der Waals surface area contributed by atoms with E-state index in [0.29, 0.717) is 0 Å². The average Bonchev–Trinajstić information content (AvgIpc) is 0.811. The number of thiocarbonyl (C=S) groups is 1. The van der Waals surface area contributed by atoms with Crippen LogP contribution in [0.4, 0.5) is 0 Å². The Morgan fingerprint density at radius 2 is 1.80 bits per heavy atom. The van der Waals surface area contributed by atoms with Gasteiger partial charge in [0.15, 0.2) is 0 Å². The molecule has 0 spiro atoms. The third-order valence-corrected chi connectivity index (χ3v) is 0. The molecular formula is CCuOS2. The summed E-state index contributed by atoms with van der Waals surface area (Å²) in [5.74, 6) is 0. The van der Waals surface area contributed by atoms with E-state index in [-0.39, 0.29) is 17.1 Å². The molecule has 0 aliphatic rings. The van der Waals surface area contributed by atoms with Crippen molar-refractivity contribution in [3.63, 3.8) is 0 Å². The van der Waals surface area contributed by atoms with Crippen LogP contribution in [0.2, 0.25) is 0 Å². The maximum atomic E-state index is 9.07. The van der Waals surface area contributed by atoms with Crippen molar-refractivity contribution in [2.45, 2.75) is 0 Å². The Hall–Kier alpha value is 0.629. The van der Waals surface area contributed by atoms with Gasteiger partial charge < -0.3 is 30.0 Å². The molecule has 0 atom stereocenters. The molecule has 0 saturated heterocycles. The summed E-state index contributed by atoms with van der Waals surface area (Å²) < 4.78 is -0.667. The van der Waals surface area contributed by atoms with Crippen LogP contribution in [0.1, 0.15) is 0 Å². The zero-order valence-electron chi connectivity index (χ0n) is 2.03. The number of rotatable bonds is 0. The predicted octanol–water partition coefficient (Wildman–Crippen LogP) is -0.824. The van der Waals surface area contributed by atoms with Crippen LogP contribution in [-0.2, 0) is 29.7 Å². The normalized spacial score (nSPS) is 4.80. The van der Waals surface area contributed by atoms with Gasteiger partial charge in [-0.1, -0.05) is 0 Å². The molecule has 0 rings (SSSR count). The molecule has 4 heteroatoms. The molecule has 5 heavy (non-hydrogen) atoms. The van der Waals surface area contributed by atoms with E-state index < -0.39 is 4.38 Å². The van der Waals surface area contributed by atoms with Crippen LogP contribution in [0.5, 0.6) is 0 Å². The first-order valence-electron chi connectivity index (χ1n) is 0.612. The monoisotopic (exact) mass is 155 g/mol. The van der Waals surface area contributed by atoms with Gasteiger partial charge in [-0.25, -0.2) is 4.38 Å². The Kier molecular flexibility index (Phi) is 8.48. The van der Waals surface area contributed by atoms with E-state index in [1.54, 1.807) is 0 Å². The van der Waals surface area contributed by atoms with Crippen LogP contribution in [-0.4, -0.2) is 4.38 Å². The van der Waals surface area contributed by atoms with E-state index in [9.17, 15) is 0 Å². The SMILES string of the molecule is [Cu+2].[O-]C(=S)[S-]. The summed E-state index contributed by atoms with van der Waals surface area (Å²) in [7, 11) is 0. The molecule has 0 aliphatic heterocycles. The Morgan fingerprint density at radius 3 is 1.80 bits per heavy atom. The van der Waals surface area contributed by atoms with Gasteiger partial charge in [0.05, 0.1) is 0 Å². The van der Waals surface area contributed by atoms with Crippen LogP contribution in [0.15, 0.2) is 0 Å². The van der Waals surface area contributed by atoms with E-state index in [1.165, 1.54) is 0 Å². The Bertz CT molecular complexity index is 32.6. The van der Waals surface area contributed by atoms with Crippen LogP contribution in [0.25, 0.3) is 0 Å². The van der Waals surface area contributed by atoms with E-state index in [2.05, 4.69) is 24.8 Å². The number of hydrogen-bond acceptors (Lipinski definition) is 3. The van der Waals surface area contributed by atoms with Crippen LogP contribution in [0.3, 0.4) is 0 Å². The van der Waals surface area contributed by atoms with Crippen molar-refractivity contribution in [2.75, 3.05) is 0 Å². The zero-order valence-corrected chi connectivity index (χ0v) is 4.60. The average molecular weight is 156 g/mol. The van der Waals surface area contributed by atoms with E-state index >= 15 is 0 Å². The predicted molar refractivity (Wildman–Crippen MR) is 20.0 cm³/mol. The van der Waals surface area contributed by atoms with Gasteiger partial charge in [0.2, 0.25) is 0 Å². The molecule has 0 fully saturated rings. The molecule has 0 aromatic heterocycles. The summed E-state index contributed by atoms with van der Waals surface area (Å²) in [5, 5.41) is 9.07. The zero-order chi connectivity index (χ0) is 3.58. The summed E-state index contributed by atoms with van der Waals surface area (Å²) in [4.78, 5) is 0. The quantitative estimate of drug-likeness (QED) is 0.259. The molecule has 0 saturated carbocycles. The molecule has 33 valence electrons. The molecule has 1 radical (unpaired) electrons. The summed E-state index contributed by atoms with van der Waals surface area (Å²) in [6.07, 6.45) is 0. The Labute approximate surface area is 51.6 Å². The molecule has 0 N–H and O–H groups in total. The van der Waals surface area contributed by atoms with Gasteiger partial charge in [-0.05, 0) is 0 Å². The van der Waals surface area contributed by atoms with Crippen molar-refractivity contribution in [1.82, 2.24) is 0 Å². The molecule has 0 aromatic carbocycles. The third kappa shape index (κ3) is 80.8. The molecule has 0 bridgehead atoms. The van der Waals surface area contributed by atoms with Gasteiger partial charge in [-0.15, -0.1) is 0 Å². The fourth-order valence-electron chi connectivity index (χ4n) is 0. The molecule has 0 unspecified atom stereocenters. The summed E-state index contributed by atoms with van der Waals surface area (Å²) in [6.45, 7) is 0. The summed E-state index contributed by atoms with van der Waals surface area (Å²) in [6, 6.07) is 0. The van der Waals surface area contributed by atoms with Gasteiger partial charge in [-0.3, -0.25) is 0 Å². The molecule has 1 nitrogen and oxygen atoms in total. The van der Waals surface area contributed by atoms with Crippen LogP contribution >= 0.6 is 12.2 Å². The third-order valence-electron chi connectivity index (χ3n) is 0. The standard InChI is InChI=1S/CH2OS2.Cu/c2-1(3)4;/h(H2,2,3,4);/q;+2/p-2. The minimum absolute atomic E-state index is 0. The molecule has 0 amide bonds. The molecular weight excluding hydrogens is 156 g/mol. The van der Waals surface area contributed by atoms with Gasteiger partial charge in [0.1, 0.15) is 0 Å². The van der Waals surface area contributed by atoms with E-state index in [1.807, 2.05) is 0 Å². The van der Waals surface area contributed by atoms with Crippen LogP contribution < -0.4 is 5.11 Å². The Balaban J connectivity index is 0. The minimum atomic E-state index is -0.667. The molecule has 0 heterocycles. The first-order valence-corrected chi connectivity index (χ1v) is 1.43. The maximum Gasteiger partial charge on any atom is 2.00 e. The number of hydrogen-bond donors (Lipinski definition) is 0. The molecule has 0 aromatic rings.